The van der Waals surface area contributed by atoms with Gasteiger partial charge in [0.2, 0.25) is 23.8 Å². The Morgan fingerprint density at radius 2 is 0.833 bits per heavy atom. The molecule has 0 heterocycles. The Morgan fingerprint density at radius 3 is 1.10 bits per heavy atom. The molecule has 8 atom stereocenters. The van der Waals surface area contributed by atoms with Crippen molar-refractivity contribution in [2.45, 2.75) is 74.5 Å². The highest BCUT2D eigenvalue weighted by molar-refractivity contribution is 6.31. The summed E-state index contributed by atoms with van der Waals surface area (Å²) in [7, 11) is 0. The maximum atomic E-state index is 10.1. The van der Waals surface area contributed by atoms with E-state index < -0.39 is 74.0 Å². The number of nitrogens with one attached hydrogen (secondary N) is 2. The number of rotatable bonds is 19. The molecule has 24 nitrogen and oxygen atoms in total. The lowest BCUT2D eigenvalue weighted by molar-refractivity contribution is -0.164. The van der Waals surface area contributed by atoms with E-state index in [0.29, 0.717) is 23.1 Å². The van der Waals surface area contributed by atoms with Crippen LogP contribution in [0, 0.1) is 0 Å². The third-order valence-corrected chi connectivity index (χ3v) is 7.84. The number of carboxylic acids is 2. The van der Waals surface area contributed by atoms with Gasteiger partial charge < -0.3 is 94.8 Å². The van der Waals surface area contributed by atoms with Crippen molar-refractivity contribution in [3.05, 3.63) is 58.6 Å². The van der Waals surface area contributed by atoms with E-state index in [1.54, 1.807) is 48.5 Å². The summed E-state index contributed by atoms with van der Waals surface area (Å²) in [5.41, 5.74) is 24.8. The second kappa shape index (κ2) is 30.1. The highest BCUT2D eigenvalue weighted by Crippen LogP contribution is 2.14. The minimum Gasteiger partial charge on any atom is -0.479 e. The zero-order valence-electron chi connectivity index (χ0n) is 31.9. The molecule has 0 aliphatic heterocycles. The molecule has 0 fully saturated rings. The molecule has 2 aromatic carbocycles. The van der Waals surface area contributed by atoms with Crippen molar-refractivity contribution in [2.75, 3.05) is 36.9 Å². The second-order valence-corrected chi connectivity index (χ2v) is 13.1. The summed E-state index contributed by atoms with van der Waals surface area (Å²) >= 11 is 11.7. The van der Waals surface area contributed by atoms with Gasteiger partial charge in [0.05, 0.1) is 13.2 Å². The quantitative estimate of drug-likeness (QED) is 0.0367. The van der Waals surface area contributed by atoms with Gasteiger partial charge in [-0.1, -0.05) is 36.0 Å². The van der Waals surface area contributed by atoms with Crippen LogP contribution in [0.15, 0.2) is 68.5 Å². The molecule has 0 saturated carbocycles. The Labute approximate surface area is 353 Å². The van der Waals surface area contributed by atoms with Crippen molar-refractivity contribution >= 4 is 70.4 Å². The molecule has 0 aromatic heterocycles. The predicted octanol–water partition coefficient (Wildman–Crippen LogP) is -3.65. The van der Waals surface area contributed by atoms with Gasteiger partial charge in [0.25, 0.3) is 0 Å². The first-order valence-corrected chi connectivity index (χ1v) is 18.4. The van der Waals surface area contributed by atoms with E-state index in [1.807, 2.05) is 0 Å². The summed E-state index contributed by atoms with van der Waals surface area (Å²) in [4.78, 5) is 36.7. The zero-order chi connectivity index (χ0) is 45.9. The van der Waals surface area contributed by atoms with E-state index in [2.05, 4.69) is 30.6 Å². The summed E-state index contributed by atoms with van der Waals surface area (Å²) in [5.74, 6) is -2.89. The number of carboxylic acid groups (broad SMARTS) is 2. The van der Waals surface area contributed by atoms with Crippen LogP contribution in [0.1, 0.15) is 25.7 Å². The van der Waals surface area contributed by atoms with Crippen LogP contribution in [-0.2, 0) is 9.59 Å². The Kier molecular flexibility index (Phi) is 27.6. The molecule has 338 valence electrons. The summed E-state index contributed by atoms with van der Waals surface area (Å²) in [5, 5.41) is 111. The van der Waals surface area contributed by atoms with E-state index in [4.69, 9.17) is 107 Å². The van der Waals surface area contributed by atoms with E-state index in [-0.39, 0.29) is 23.8 Å². The largest absolute Gasteiger partial charge is 0.479 e. The number of nitrogens with two attached hydrogens (primary N) is 4. The fourth-order valence-corrected chi connectivity index (χ4v) is 4.29. The number of aliphatic hydroxyl groups is 10. The monoisotopic (exact) mass is 896 g/mol. The number of benzene rings is 2. The molecule has 0 unspecified atom stereocenters. The zero-order valence-corrected chi connectivity index (χ0v) is 33.4. The molecule has 0 aliphatic carbocycles. The Hall–Kier alpha value is -4.96. The number of hydrogen-bond acceptors (Lipinski definition) is 14. The van der Waals surface area contributed by atoms with Crippen LogP contribution in [-0.4, -0.2) is 172 Å². The molecule has 0 radical (unpaired) electrons. The van der Waals surface area contributed by atoms with Gasteiger partial charge in [-0.15, -0.1) is 0 Å². The Balaban J connectivity index is 0.00000110. The standard InChI is InChI=1S/C22H30Cl2N10.2C6H12O7/c23-15-5-9-17(10-6-15)31-21(27)33-19(25)29-13-3-1-2-4-14-30-20(26)34-22(28)32-18-11-7-16(24)8-12-18;2*7-1-2(8)3(9)4(10)5(11)6(12)13/h5-12H,1-4,13-14H2,(H5,25,27,29,31,33)(H5,26,28,30,32,34);2*2-5,7-11H,1H2,(H,12,13)/t;2*2-,3-,4+,5-/m.00/s1. The molecule has 0 saturated heterocycles. The van der Waals surface area contributed by atoms with Crippen molar-refractivity contribution < 1.29 is 70.9 Å². The number of aliphatic hydroxyl groups excluding tert-OH is 10. The van der Waals surface area contributed by atoms with Crippen LogP contribution < -0.4 is 33.6 Å². The van der Waals surface area contributed by atoms with Crippen LogP contribution in [0.3, 0.4) is 0 Å². The first-order chi connectivity index (χ1) is 28.1. The smallest absolute Gasteiger partial charge is 0.335 e. The molecule has 22 N–H and O–H groups in total. The number of hydrogen-bond donors (Lipinski definition) is 18. The minimum absolute atomic E-state index is 0.124. The van der Waals surface area contributed by atoms with Crippen molar-refractivity contribution in [1.82, 2.24) is 0 Å². The number of guanidine groups is 4. The lowest BCUT2D eigenvalue weighted by Crippen LogP contribution is -2.48. The van der Waals surface area contributed by atoms with Gasteiger partial charge in [-0.2, -0.15) is 9.98 Å². The van der Waals surface area contributed by atoms with Crippen molar-refractivity contribution in [1.29, 1.82) is 0 Å². The average molecular weight is 898 g/mol. The Bertz CT molecular complexity index is 1560. The number of nitrogens with zero attached hydrogens (tertiary/aromatic N) is 4. The van der Waals surface area contributed by atoms with Gasteiger partial charge in [-0.05, 0) is 61.4 Å². The molecule has 26 heteroatoms. The molecule has 0 spiro atoms. The minimum atomic E-state index is -2.20. The van der Waals surface area contributed by atoms with E-state index in [1.165, 1.54) is 0 Å². The highest BCUT2D eigenvalue weighted by Gasteiger charge is 2.34. The van der Waals surface area contributed by atoms with Gasteiger partial charge in [0, 0.05) is 34.5 Å². The number of aliphatic imine (C=N–C) groups is 4. The maximum Gasteiger partial charge on any atom is 0.335 e. The normalized spacial score (nSPS) is 16.3. The first kappa shape index (κ1) is 55.0. The highest BCUT2D eigenvalue weighted by atomic mass is 35.5. The molecule has 0 aliphatic rings. The van der Waals surface area contributed by atoms with Crippen LogP contribution in [0.5, 0.6) is 0 Å². The lowest BCUT2D eigenvalue weighted by Gasteiger charge is -2.23. The fourth-order valence-electron chi connectivity index (χ4n) is 4.04. The van der Waals surface area contributed by atoms with E-state index in [0.717, 1.165) is 37.1 Å². The molecule has 60 heavy (non-hydrogen) atoms. The fraction of sp³-hybridized carbons (Fsp3) is 0.471. The second-order valence-electron chi connectivity index (χ2n) is 12.2. The molecule has 0 bridgehead atoms. The average Bonchev–Trinajstić information content (AvgIpc) is 3.21. The summed E-state index contributed by atoms with van der Waals surface area (Å²) in [6.07, 6.45) is -12.0. The molecular weight excluding hydrogens is 843 g/mol. The van der Waals surface area contributed by atoms with E-state index in [9.17, 15) is 9.59 Å². The van der Waals surface area contributed by atoms with Crippen LogP contribution in [0.2, 0.25) is 10.0 Å². The van der Waals surface area contributed by atoms with Crippen molar-refractivity contribution in [3.8, 4) is 0 Å². The molecule has 2 rings (SSSR count). The summed E-state index contributed by atoms with van der Waals surface area (Å²) in [6, 6.07) is 14.1. The van der Waals surface area contributed by atoms with Gasteiger partial charge in [-0.25, -0.2) is 9.59 Å². The van der Waals surface area contributed by atoms with Crippen LogP contribution in [0.25, 0.3) is 0 Å². The van der Waals surface area contributed by atoms with Crippen LogP contribution in [0.4, 0.5) is 11.4 Å². The Morgan fingerprint density at radius 1 is 0.533 bits per heavy atom. The SMILES string of the molecule is NC(=NCCCCCCN=C(N)/N=C(\N)Nc1ccc(Cl)cc1)/N=C(\N)Nc1ccc(Cl)cc1.O=C(O)[C@@H](O)[C@H](O)[C@@H](O)[C@@H](O)CO.O=C(O)[C@@H](O)[C@H](O)[C@@H](O)[C@@H](O)CO. The number of halogens is 2. The summed E-state index contributed by atoms with van der Waals surface area (Å²) < 4.78 is 0. The van der Waals surface area contributed by atoms with Crippen LogP contribution >= 0.6 is 23.2 Å². The van der Waals surface area contributed by atoms with Gasteiger partial charge in [0.1, 0.15) is 36.6 Å². The molecule has 2 aromatic rings. The lowest BCUT2D eigenvalue weighted by atomic mass is 10.0. The third kappa shape index (κ3) is 23.6. The first-order valence-electron chi connectivity index (χ1n) is 17.6. The number of anilines is 2. The molecule has 0 amide bonds. The van der Waals surface area contributed by atoms with E-state index >= 15 is 0 Å². The number of unbranched alkanes of at least 4 members (excludes halogenated alkanes) is 3. The van der Waals surface area contributed by atoms with Gasteiger partial charge >= 0.3 is 11.9 Å². The summed E-state index contributed by atoms with van der Waals surface area (Å²) in [6.45, 7) is -0.562. The number of carbonyl (C=O) groups is 2. The predicted molar refractivity (Wildman–Crippen MR) is 222 cm³/mol. The molecular formula is C34H54Cl2N10O14. The maximum absolute atomic E-state index is 10.1. The third-order valence-electron chi connectivity index (χ3n) is 7.33. The number of aliphatic carboxylic acids is 2. The van der Waals surface area contributed by atoms with Gasteiger partial charge in [-0.3, -0.25) is 9.98 Å². The van der Waals surface area contributed by atoms with Crippen molar-refractivity contribution in [2.24, 2.45) is 42.9 Å². The topological polar surface area (TPSA) is 454 Å². The van der Waals surface area contributed by atoms with Gasteiger partial charge in [0.15, 0.2) is 12.2 Å². The van der Waals surface area contributed by atoms with Crippen molar-refractivity contribution in [3.63, 3.8) is 0 Å².